The molecule has 2 aliphatic rings. The molecule has 2 aromatic heterocycles. The van der Waals surface area contributed by atoms with Gasteiger partial charge in [-0.25, -0.2) is 9.36 Å². The molecule has 13 heteroatoms. The minimum Gasteiger partial charge on any atom is -0.481 e. The lowest BCUT2D eigenvalue weighted by Crippen LogP contribution is -2.29. The average molecular weight is 613 g/mol. The van der Waals surface area contributed by atoms with Crippen molar-refractivity contribution in [2.75, 3.05) is 6.61 Å². The maximum Gasteiger partial charge on any atom is 0.261 e. The molecule has 0 saturated heterocycles. The number of hydrogen-bond acceptors (Lipinski definition) is 9. The van der Waals surface area contributed by atoms with Crippen molar-refractivity contribution in [3.63, 3.8) is 0 Å². The topological polar surface area (TPSA) is 145 Å². The van der Waals surface area contributed by atoms with Crippen molar-refractivity contribution in [2.45, 2.75) is 26.2 Å². The number of terminal acetylenes is 1. The van der Waals surface area contributed by atoms with Gasteiger partial charge < -0.3 is 4.74 Å². The van der Waals surface area contributed by atoms with E-state index in [1.165, 1.54) is 0 Å². The fourth-order valence-electron chi connectivity index (χ4n) is 5.53. The second kappa shape index (κ2) is 11.6. The van der Waals surface area contributed by atoms with Crippen molar-refractivity contribution < 1.29 is 23.9 Å². The van der Waals surface area contributed by atoms with Gasteiger partial charge in [0.1, 0.15) is 23.7 Å². The smallest absolute Gasteiger partial charge is 0.261 e. The second-order valence-electron chi connectivity index (χ2n) is 10.7. The largest absolute Gasteiger partial charge is 0.481 e. The number of hydrogen-bond donors (Lipinski definition) is 0. The van der Waals surface area contributed by atoms with Gasteiger partial charge in [-0.05, 0) is 47.5 Å². The highest BCUT2D eigenvalue weighted by molar-refractivity contribution is 6.21. The summed E-state index contributed by atoms with van der Waals surface area (Å²) >= 11 is 0. The molecule has 5 aromatic rings. The lowest BCUT2D eigenvalue weighted by Gasteiger charge is -2.13. The van der Waals surface area contributed by atoms with Crippen LogP contribution in [0, 0.1) is 12.3 Å². The van der Waals surface area contributed by atoms with E-state index in [9.17, 15) is 19.2 Å². The van der Waals surface area contributed by atoms with E-state index in [1.807, 2.05) is 12.1 Å². The summed E-state index contributed by atoms with van der Waals surface area (Å²) in [5.74, 6) is 1.54. The van der Waals surface area contributed by atoms with Crippen LogP contribution in [-0.4, -0.2) is 70.0 Å². The van der Waals surface area contributed by atoms with Gasteiger partial charge in [0.05, 0.1) is 60.8 Å². The summed E-state index contributed by atoms with van der Waals surface area (Å²) in [6.07, 6.45) is 8.74. The number of rotatable bonds is 10. The third-order valence-corrected chi connectivity index (χ3v) is 7.73. The number of ether oxygens (including phenoxy) is 1. The molecule has 0 saturated carbocycles. The van der Waals surface area contributed by atoms with Gasteiger partial charge in [-0.1, -0.05) is 46.7 Å². The highest BCUT2D eigenvalue weighted by atomic mass is 16.5. The van der Waals surface area contributed by atoms with Crippen LogP contribution in [0.1, 0.15) is 63.9 Å². The second-order valence-corrected chi connectivity index (χ2v) is 10.7. The Balaban J connectivity index is 1.07. The highest BCUT2D eigenvalue weighted by Crippen LogP contribution is 2.26. The van der Waals surface area contributed by atoms with Gasteiger partial charge in [0.15, 0.2) is 0 Å². The summed E-state index contributed by atoms with van der Waals surface area (Å²) in [4.78, 5) is 53.5. The number of amides is 4. The number of carbonyl (C=O) groups is 4. The molecule has 13 nitrogen and oxygen atoms in total. The molecular weight excluding hydrogens is 588 g/mol. The average Bonchev–Trinajstić information content (AvgIpc) is 3.83. The molecule has 4 heterocycles. The van der Waals surface area contributed by atoms with Gasteiger partial charge in [0.2, 0.25) is 0 Å². The molecule has 46 heavy (non-hydrogen) atoms. The van der Waals surface area contributed by atoms with Gasteiger partial charge in [-0.15, -0.1) is 16.6 Å². The summed E-state index contributed by atoms with van der Waals surface area (Å²) in [5, 5.41) is 16.8. The minimum absolute atomic E-state index is 0.00704. The number of imide groups is 2. The van der Waals surface area contributed by atoms with Gasteiger partial charge in [0, 0.05) is 0 Å². The number of benzene rings is 3. The number of carbonyl (C=O) groups excluding carboxylic acids is 4. The molecule has 0 atom stereocenters. The van der Waals surface area contributed by atoms with Crippen LogP contribution in [-0.2, 0) is 26.2 Å². The molecule has 0 radical (unpaired) electrons. The fraction of sp³-hybridized carbons (Fsp3) is 0.152. The zero-order chi connectivity index (χ0) is 31.8. The van der Waals surface area contributed by atoms with Crippen molar-refractivity contribution in [3.8, 4) is 18.1 Å². The lowest BCUT2D eigenvalue weighted by molar-refractivity contribution is 0.0625. The van der Waals surface area contributed by atoms with Crippen molar-refractivity contribution >= 4 is 23.6 Å². The zero-order valence-corrected chi connectivity index (χ0v) is 24.2. The van der Waals surface area contributed by atoms with Crippen LogP contribution in [0.2, 0.25) is 0 Å². The molecule has 3 aromatic carbocycles. The van der Waals surface area contributed by atoms with Crippen LogP contribution >= 0.6 is 0 Å². The molecule has 0 bridgehead atoms. The number of fused-ring (bicyclic) bond motifs is 2. The first kappa shape index (κ1) is 28.4. The molecule has 0 aliphatic carbocycles. The standard InChI is InChI=1S/C33H24N8O5/c1-2-13-46-25-12-11-21(15-38-17-23(34-36-38)19-40-30(42)26-7-3-4-8-27(26)31(40)43)22(14-25)16-39-18-24(35-37-39)20-41-32(44)28-9-5-6-10-29(28)33(41)45/h1,3-12,14,17-18H,13,15-16,19-20H2. The summed E-state index contributed by atoms with van der Waals surface area (Å²) in [5.41, 5.74) is 4.07. The van der Waals surface area contributed by atoms with E-state index < -0.39 is 0 Å². The van der Waals surface area contributed by atoms with Gasteiger partial charge >= 0.3 is 0 Å². The zero-order valence-electron chi connectivity index (χ0n) is 24.2. The predicted octanol–water partition coefficient (Wildman–Crippen LogP) is 2.57. The van der Waals surface area contributed by atoms with Crippen molar-refractivity contribution in [1.29, 1.82) is 0 Å². The quantitative estimate of drug-likeness (QED) is 0.172. The van der Waals surface area contributed by atoms with E-state index >= 15 is 0 Å². The predicted molar refractivity (Wildman–Crippen MR) is 160 cm³/mol. The Morgan fingerprint density at radius 2 is 1.07 bits per heavy atom. The van der Waals surface area contributed by atoms with Gasteiger partial charge in [-0.3, -0.25) is 29.0 Å². The molecule has 4 amide bonds. The van der Waals surface area contributed by atoms with E-state index in [0.29, 0.717) is 45.9 Å². The van der Waals surface area contributed by atoms with Gasteiger partial charge in [0.25, 0.3) is 23.6 Å². The van der Waals surface area contributed by atoms with Crippen LogP contribution in [0.25, 0.3) is 0 Å². The molecule has 0 N–H and O–H groups in total. The molecule has 0 unspecified atom stereocenters. The molecule has 226 valence electrons. The Kier molecular flexibility index (Phi) is 7.14. The Bertz CT molecular complexity index is 2020. The Labute approximate surface area is 262 Å². The first-order chi connectivity index (χ1) is 22.4. The molecule has 0 spiro atoms. The molecule has 0 fully saturated rings. The van der Waals surface area contributed by atoms with Gasteiger partial charge in [-0.2, -0.15) is 0 Å². The lowest BCUT2D eigenvalue weighted by atomic mass is 10.1. The van der Waals surface area contributed by atoms with Crippen molar-refractivity contribution in [1.82, 2.24) is 39.8 Å². The summed E-state index contributed by atoms with van der Waals surface area (Å²) < 4.78 is 8.86. The third-order valence-electron chi connectivity index (χ3n) is 7.73. The molecule has 7 rings (SSSR count). The molecule has 2 aliphatic heterocycles. The van der Waals surface area contributed by atoms with E-state index in [4.69, 9.17) is 11.2 Å². The van der Waals surface area contributed by atoms with Crippen LogP contribution in [0.15, 0.2) is 79.1 Å². The van der Waals surface area contributed by atoms with Crippen molar-refractivity contribution in [2.24, 2.45) is 0 Å². The monoisotopic (exact) mass is 612 g/mol. The fourth-order valence-corrected chi connectivity index (χ4v) is 5.53. The Morgan fingerprint density at radius 1 is 0.609 bits per heavy atom. The Hall–Kier alpha value is -6.42. The minimum atomic E-state index is -0.369. The third kappa shape index (κ3) is 5.17. The van der Waals surface area contributed by atoms with Crippen molar-refractivity contribution in [3.05, 3.63) is 124 Å². The van der Waals surface area contributed by atoms with Crippen LogP contribution in [0.4, 0.5) is 0 Å². The normalized spacial score (nSPS) is 13.7. The maximum atomic E-state index is 12.8. The summed E-state index contributed by atoms with van der Waals surface area (Å²) in [6.45, 7) is 0.674. The molecular formula is C33H24N8O5. The van der Waals surface area contributed by atoms with E-state index in [-0.39, 0.29) is 49.9 Å². The first-order valence-electron chi connectivity index (χ1n) is 14.3. The van der Waals surface area contributed by atoms with E-state index in [2.05, 4.69) is 26.5 Å². The summed E-state index contributed by atoms with van der Waals surface area (Å²) in [7, 11) is 0. The van der Waals surface area contributed by atoms with Crippen LogP contribution < -0.4 is 4.74 Å². The number of aromatic nitrogens is 6. The van der Waals surface area contributed by atoms with Crippen LogP contribution in [0.5, 0.6) is 5.75 Å². The maximum absolute atomic E-state index is 12.8. The SMILES string of the molecule is C#CCOc1ccc(Cn2cc(CN3C(=O)c4ccccc4C3=O)nn2)c(Cn2cc(CN3C(=O)c4ccccc4C3=O)nn2)c1. The van der Waals surface area contributed by atoms with E-state index in [1.54, 1.807) is 76.4 Å². The summed E-state index contributed by atoms with van der Waals surface area (Å²) in [6, 6.07) is 18.9. The number of nitrogens with zero attached hydrogens (tertiary/aromatic N) is 8. The highest BCUT2D eigenvalue weighted by Gasteiger charge is 2.36. The first-order valence-corrected chi connectivity index (χ1v) is 14.3. The van der Waals surface area contributed by atoms with Crippen LogP contribution in [0.3, 0.4) is 0 Å². The Morgan fingerprint density at radius 3 is 1.52 bits per heavy atom. The van der Waals surface area contributed by atoms with E-state index in [0.717, 1.165) is 20.9 Å².